The SMILES string of the molecule is Cc1ccc2c(c1)CNCCCCNCc1cc(C)ccc1OCCCCO2. The summed E-state index contributed by atoms with van der Waals surface area (Å²) in [4.78, 5) is 0. The highest BCUT2D eigenvalue weighted by Gasteiger charge is 2.07. The fourth-order valence-corrected chi connectivity index (χ4v) is 3.49. The van der Waals surface area contributed by atoms with Gasteiger partial charge in [0.2, 0.25) is 0 Å². The van der Waals surface area contributed by atoms with Crippen LogP contribution in [0.2, 0.25) is 0 Å². The number of nitrogens with one attached hydrogen (secondary N) is 2. The molecule has 1 aliphatic heterocycles. The van der Waals surface area contributed by atoms with E-state index >= 15 is 0 Å². The highest BCUT2D eigenvalue weighted by molar-refractivity contribution is 5.37. The number of rotatable bonds is 0. The van der Waals surface area contributed by atoms with Crippen LogP contribution in [0, 0.1) is 13.8 Å². The van der Waals surface area contributed by atoms with Crippen LogP contribution in [0.5, 0.6) is 11.5 Å². The molecule has 4 heteroatoms. The Hall–Kier alpha value is -2.04. The normalized spacial score (nSPS) is 17.2. The quantitative estimate of drug-likeness (QED) is 0.703. The molecule has 152 valence electrons. The summed E-state index contributed by atoms with van der Waals surface area (Å²) in [6.07, 6.45) is 4.29. The summed E-state index contributed by atoms with van der Waals surface area (Å²) >= 11 is 0. The van der Waals surface area contributed by atoms with Crippen LogP contribution in [0.1, 0.15) is 47.9 Å². The molecule has 1 heterocycles. The Balaban J connectivity index is 1.61. The Morgan fingerprint density at radius 1 is 0.643 bits per heavy atom. The maximum atomic E-state index is 6.07. The predicted molar refractivity (Wildman–Crippen MR) is 115 cm³/mol. The maximum Gasteiger partial charge on any atom is 0.123 e. The van der Waals surface area contributed by atoms with E-state index in [-0.39, 0.29) is 0 Å². The molecule has 0 aromatic heterocycles. The van der Waals surface area contributed by atoms with E-state index in [2.05, 4.69) is 60.9 Å². The lowest BCUT2D eigenvalue weighted by atomic mass is 10.1. The zero-order chi connectivity index (χ0) is 19.6. The first kappa shape index (κ1) is 20.7. The summed E-state index contributed by atoms with van der Waals surface area (Å²) in [5, 5.41) is 7.14. The lowest BCUT2D eigenvalue weighted by molar-refractivity contribution is 0.263. The van der Waals surface area contributed by atoms with Crippen LogP contribution in [0.3, 0.4) is 0 Å². The average molecular weight is 383 g/mol. The first-order valence-electron chi connectivity index (χ1n) is 10.6. The average Bonchev–Trinajstić information content (AvgIpc) is 2.68. The van der Waals surface area contributed by atoms with Crippen molar-refractivity contribution in [2.75, 3.05) is 26.3 Å². The largest absolute Gasteiger partial charge is 0.493 e. The van der Waals surface area contributed by atoms with E-state index in [1.54, 1.807) is 0 Å². The highest BCUT2D eigenvalue weighted by atomic mass is 16.5. The van der Waals surface area contributed by atoms with Crippen LogP contribution < -0.4 is 20.1 Å². The topological polar surface area (TPSA) is 42.5 Å². The lowest BCUT2D eigenvalue weighted by Gasteiger charge is -2.15. The van der Waals surface area contributed by atoms with Gasteiger partial charge in [0.05, 0.1) is 13.2 Å². The van der Waals surface area contributed by atoms with Crippen molar-refractivity contribution in [3.05, 3.63) is 58.7 Å². The van der Waals surface area contributed by atoms with Gasteiger partial charge in [-0.1, -0.05) is 35.4 Å². The smallest absolute Gasteiger partial charge is 0.123 e. The highest BCUT2D eigenvalue weighted by Crippen LogP contribution is 2.22. The van der Waals surface area contributed by atoms with E-state index in [0.29, 0.717) is 0 Å². The van der Waals surface area contributed by atoms with Crippen molar-refractivity contribution in [1.82, 2.24) is 10.6 Å². The summed E-state index contributed by atoms with van der Waals surface area (Å²) in [6.45, 7) is 9.48. The molecule has 0 spiro atoms. The molecule has 3 rings (SSSR count). The summed E-state index contributed by atoms with van der Waals surface area (Å²) in [6, 6.07) is 12.9. The molecule has 0 unspecified atom stereocenters. The van der Waals surface area contributed by atoms with Crippen molar-refractivity contribution >= 4 is 0 Å². The van der Waals surface area contributed by atoms with Crippen molar-refractivity contribution in [1.29, 1.82) is 0 Å². The number of benzene rings is 2. The standard InChI is InChI=1S/C24H34N2O2/c1-19-7-9-23-21(15-19)17-25-11-3-4-12-26-18-22-16-20(2)8-10-24(22)28-14-6-5-13-27-23/h7-10,15-16,25-26H,3-6,11-14,17-18H2,1-2H3. The van der Waals surface area contributed by atoms with Crippen LogP contribution in [-0.4, -0.2) is 26.3 Å². The zero-order valence-corrected chi connectivity index (χ0v) is 17.4. The van der Waals surface area contributed by atoms with Crippen molar-refractivity contribution in [3.8, 4) is 11.5 Å². The molecule has 0 bridgehead atoms. The second-order valence-corrected chi connectivity index (χ2v) is 7.69. The van der Waals surface area contributed by atoms with Crippen LogP contribution in [-0.2, 0) is 13.1 Å². The number of hydrogen-bond acceptors (Lipinski definition) is 4. The molecule has 2 aromatic carbocycles. The minimum absolute atomic E-state index is 0.724. The molecule has 0 amide bonds. The fraction of sp³-hybridized carbons (Fsp3) is 0.500. The van der Waals surface area contributed by atoms with Crippen LogP contribution >= 0.6 is 0 Å². The van der Waals surface area contributed by atoms with Crippen LogP contribution in [0.4, 0.5) is 0 Å². The summed E-state index contributed by atoms with van der Waals surface area (Å²) in [5.41, 5.74) is 5.05. The van der Waals surface area contributed by atoms with Gasteiger partial charge in [0.1, 0.15) is 11.5 Å². The van der Waals surface area contributed by atoms with E-state index in [9.17, 15) is 0 Å². The molecular formula is C24H34N2O2. The first-order valence-corrected chi connectivity index (χ1v) is 10.6. The van der Waals surface area contributed by atoms with Gasteiger partial charge < -0.3 is 20.1 Å². The van der Waals surface area contributed by atoms with Crippen molar-refractivity contribution < 1.29 is 9.47 Å². The molecule has 0 saturated carbocycles. The van der Waals surface area contributed by atoms with E-state index in [1.165, 1.54) is 22.3 Å². The lowest BCUT2D eigenvalue weighted by Crippen LogP contribution is -2.19. The van der Waals surface area contributed by atoms with E-state index < -0.39 is 0 Å². The zero-order valence-electron chi connectivity index (χ0n) is 17.4. The van der Waals surface area contributed by atoms with E-state index in [4.69, 9.17) is 9.47 Å². The van der Waals surface area contributed by atoms with Gasteiger partial charge in [-0.25, -0.2) is 0 Å². The van der Waals surface area contributed by atoms with Gasteiger partial charge in [-0.15, -0.1) is 0 Å². The number of aryl methyl sites for hydroxylation is 2. The third kappa shape index (κ3) is 6.54. The van der Waals surface area contributed by atoms with Crippen LogP contribution in [0.15, 0.2) is 36.4 Å². The van der Waals surface area contributed by atoms with E-state index in [0.717, 1.165) is 76.6 Å². The molecular weight excluding hydrogens is 348 g/mol. The molecule has 0 atom stereocenters. The molecule has 0 aliphatic carbocycles. The second kappa shape index (κ2) is 11.1. The summed E-state index contributed by atoms with van der Waals surface area (Å²) in [7, 11) is 0. The molecule has 4 nitrogen and oxygen atoms in total. The predicted octanol–water partition coefficient (Wildman–Crippen LogP) is 4.51. The molecule has 1 aliphatic rings. The molecule has 0 saturated heterocycles. The Labute approximate surface area is 169 Å². The van der Waals surface area contributed by atoms with Gasteiger partial charge in [-0.3, -0.25) is 0 Å². The summed E-state index contributed by atoms with van der Waals surface area (Å²) in [5.74, 6) is 2.00. The van der Waals surface area contributed by atoms with Crippen LogP contribution in [0.25, 0.3) is 0 Å². The van der Waals surface area contributed by atoms with Gasteiger partial charge in [0.15, 0.2) is 0 Å². The third-order valence-corrected chi connectivity index (χ3v) is 5.07. The number of fused-ring (bicyclic) bond motifs is 2. The van der Waals surface area contributed by atoms with Gasteiger partial charge in [-0.2, -0.15) is 0 Å². The molecule has 0 radical (unpaired) electrons. The maximum absolute atomic E-state index is 6.07. The Kier molecular flexibility index (Phi) is 8.19. The van der Waals surface area contributed by atoms with Gasteiger partial charge in [0, 0.05) is 24.2 Å². The summed E-state index contributed by atoms with van der Waals surface area (Å²) < 4.78 is 12.1. The fourth-order valence-electron chi connectivity index (χ4n) is 3.49. The van der Waals surface area contributed by atoms with Crippen molar-refractivity contribution in [2.24, 2.45) is 0 Å². The Morgan fingerprint density at radius 2 is 1.11 bits per heavy atom. The number of hydrogen-bond donors (Lipinski definition) is 2. The molecule has 28 heavy (non-hydrogen) atoms. The van der Waals surface area contributed by atoms with Gasteiger partial charge >= 0.3 is 0 Å². The minimum Gasteiger partial charge on any atom is -0.493 e. The molecule has 0 fully saturated rings. The first-order chi connectivity index (χ1) is 13.7. The molecule has 2 N–H and O–H groups in total. The molecule has 2 aromatic rings. The Bertz CT molecular complexity index is 682. The van der Waals surface area contributed by atoms with Gasteiger partial charge in [0.25, 0.3) is 0 Å². The van der Waals surface area contributed by atoms with Crippen molar-refractivity contribution in [2.45, 2.75) is 52.6 Å². The monoisotopic (exact) mass is 382 g/mol. The van der Waals surface area contributed by atoms with Gasteiger partial charge in [-0.05, 0) is 64.8 Å². The van der Waals surface area contributed by atoms with E-state index in [1.807, 2.05) is 0 Å². The number of ether oxygens (including phenoxy) is 2. The third-order valence-electron chi connectivity index (χ3n) is 5.07. The second-order valence-electron chi connectivity index (χ2n) is 7.69. The Morgan fingerprint density at radius 3 is 1.57 bits per heavy atom. The van der Waals surface area contributed by atoms with Crippen molar-refractivity contribution in [3.63, 3.8) is 0 Å². The minimum atomic E-state index is 0.724.